The second kappa shape index (κ2) is 10.5. The molecule has 0 unspecified atom stereocenters. The van der Waals surface area contributed by atoms with Crippen LogP contribution in [0.2, 0.25) is 5.02 Å². The predicted molar refractivity (Wildman–Crippen MR) is 149 cm³/mol. The molecule has 1 saturated heterocycles. The predicted octanol–water partition coefficient (Wildman–Crippen LogP) is 5.23. The highest BCUT2D eigenvalue weighted by Crippen LogP contribution is 2.33. The van der Waals surface area contributed by atoms with Gasteiger partial charge in [0.15, 0.2) is 5.82 Å². The zero-order valence-electron chi connectivity index (χ0n) is 21.7. The Morgan fingerprint density at radius 2 is 1.97 bits per heavy atom. The van der Waals surface area contributed by atoms with Crippen LogP contribution in [-0.2, 0) is 16.1 Å². The largest absolute Gasteiger partial charge is 0.370 e. The van der Waals surface area contributed by atoms with Crippen LogP contribution in [0, 0.1) is 5.82 Å². The lowest BCUT2D eigenvalue weighted by molar-refractivity contribution is -0.125. The minimum Gasteiger partial charge on any atom is -0.370 e. The summed E-state index contributed by atoms with van der Waals surface area (Å²) in [7, 11) is 0. The van der Waals surface area contributed by atoms with Crippen LogP contribution in [0.25, 0.3) is 22.3 Å². The number of fused-ring (bicyclic) bond motifs is 1. The van der Waals surface area contributed by atoms with Crippen molar-refractivity contribution in [1.29, 1.82) is 0 Å². The molecule has 11 heteroatoms. The topological polar surface area (TPSA) is 97.2 Å². The molecule has 0 radical (unpaired) electrons. The number of hydrogen-bond donors (Lipinski definition) is 2. The Hall–Kier alpha value is -3.60. The average Bonchev–Trinajstić information content (AvgIpc) is 3.68. The van der Waals surface area contributed by atoms with Gasteiger partial charge in [0.25, 0.3) is 5.91 Å². The van der Waals surface area contributed by atoms with Crippen molar-refractivity contribution in [2.75, 3.05) is 30.0 Å². The van der Waals surface area contributed by atoms with Gasteiger partial charge >= 0.3 is 0 Å². The van der Waals surface area contributed by atoms with Gasteiger partial charge in [0.05, 0.1) is 35.6 Å². The number of imidazole rings is 1. The van der Waals surface area contributed by atoms with Crippen molar-refractivity contribution >= 4 is 45.9 Å². The summed E-state index contributed by atoms with van der Waals surface area (Å²) in [5, 5.41) is 6.96. The number of nitrogens with one attached hydrogen (secondary N) is 2. The average molecular weight is 550 g/mol. The van der Waals surface area contributed by atoms with Gasteiger partial charge in [-0.05, 0) is 63.1 Å². The fourth-order valence-electron chi connectivity index (χ4n) is 4.84. The molecule has 3 heterocycles. The molecule has 6 rings (SSSR count). The number of anilines is 3. The van der Waals surface area contributed by atoms with Crippen molar-refractivity contribution in [2.45, 2.75) is 45.3 Å². The Morgan fingerprint density at radius 1 is 1.18 bits per heavy atom. The maximum absolute atomic E-state index is 15.4. The zero-order valence-corrected chi connectivity index (χ0v) is 22.5. The normalized spacial score (nSPS) is 15.9. The van der Waals surface area contributed by atoms with E-state index in [9.17, 15) is 4.79 Å². The summed E-state index contributed by atoms with van der Waals surface area (Å²) in [6.07, 6.45) is 3.83. The Labute approximate surface area is 230 Å². The quantitative estimate of drug-likeness (QED) is 0.311. The summed E-state index contributed by atoms with van der Waals surface area (Å²) in [5.74, 6) is 0.632. The van der Waals surface area contributed by atoms with Gasteiger partial charge < -0.3 is 24.8 Å². The lowest BCUT2D eigenvalue weighted by Crippen LogP contribution is -2.41. The highest BCUT2D eigenvalue weighted by Gasteiger charge is 2.24. The molecule has 2 aromatic heterocycles. The van der Waals surface area contributed by atoms with Crippen LogP contribution in [0.4, 0.5) is 21.7 Å². The Morgan fingerprint density at radius 3 is 2.69 bits per heavy atom. The SMILES string of the molecule is CC(C)n1c(CNC2CC2)nc2c(F)cc(-c3nc(Nc4ccc(N5CCOCC5=O)cc4)ncc3Cl)cc21. The monoisotopic (exact) mass is 549 g/mol. The van der Waals surface area contributed by atoms with Crippen LogP contribution < -0.4 is 15.5 Å². The highest BCUT2D eigenvalue weighted by molar-refractivity contribution is 6.33. The van der Waals surface area contributed by atoms with Gasteiger partial charge in [0.2, 0.25) is 5.95 Å². The molecule has 2 fully saturated rings. The van der Waals surface area contributed by atoms with Crippen LogP contribution in [0.15, 0.2) is 42.6 Å². The summed E-state index contributed by atoms with van der Waals surface area (Å²) >= 11 is 6.50. The number of hydrogen-bond acceptors (Lipinski definition) is 7. The van der Waals surface area contributed by atoms with Crippen molar-refractivity contribution in [3.05, 3.63) is 59.3 Å². The first-order chi connectivity index (χ1) is 18.9. The maximum Gasteiger partial charge on any atom is 0.253 e. The van der Waals surface area contributed by atoms with Gasteiger partial charge in [-0.25, -0.2) is 19.3 Å². The van der Waals surface area contributed by atoms with Gasteiger partial charge in [0.1, 0.15) is 17.9 Å². The standard InChI is InChI=1S/C28H29ClFN7O2/c1-16(2)37-23-12-17(11-22(30)27(23)34-24(37)14-31-18-3-4-18)26-21(29)13-32-28(35-26)33-19-5-7-20(8-6-19)36-9-10-39-15-25(36)38/h5-8,11-13,16,18,31H,3-4,9-10,14-15H2,1-2H3,(H,32,33,35). The van der Waals surface area contributed by atoms with Crippen molar-refractivity contribution in [3.63, 3.8) is 0 Å². The van der Waals surface area contributed by atoms with E-state index in [2.05, 4.69) is 44.0 Å². The van der Waals surface area contributed by atoms with E-state index in [0.29, 0.717) is 59.0 Å². The van der Waals surface area contributed by atoms with E-state index >= 15 is 4.39 Å². The van der Waals surface area contributed by atoms with E-state index in [1.807, 2.05) is 30.3 Å². The van der Waals surface area contributed by atoms with Crippen LogP contribution in [0.3, 0.4) is 0 Å². The summed E-state index contributed by atoms with van der Waals surface area (Å²) < 4.78 is 22.6. The molecule has 0 spiro atoms. The third-order valence-corrected chi connectivity index (χ3v) is 7.18. The number of carbonyl (C=O) groups excluding carboxylic acids is 1. The number of rotatable bonds is 8. The molecular formula is C28H29ClFN7O2. The molecule has 9 nitrogen and oxygen atoms in total. The summed E-state index contributed by atoms with van der Waals surface area (Å²) in [5.41, 5.74) is 3.52. The fourth-order valence-corrected chi connectivity index (χ4v) is 5.04. The molecule has 202 valence electrons. The molecule has 4 aromatic rings. The Balaban J connectivity index is 1.29. The van der Waals surface area contributed by atoms with E-state index in [0.717, 1.165) is 17.2 Å². The molecule has 2 aromatic carbocycles. The summed E-state index contributed by atoms with van der Waals surface area (Å²) in [4.78, 5) is 27.4. The van der Waals surface area contributed by atoms with Crippen molar-refractivity contribution in [2.24, 2.45) is 0 Å². The van der Waals surface area contributed by atoms with E-state index < -0.39 is 5.82 Å². The Kier molecular flexibility index (Phi) is 6.92. The molecule has 1 amide bonds. The highest BCUT2D eigenvalue weighted by atomic mass is 35.5. The lowest BCUT2D eigenvalue weighted by atomic mass is 10.1. The van der Waals surface area contributed by atoms with E-state index in [1.165, 1.54) is 25.1 Å². The number of aromatic nitrogens is 4. The van der Waals surface area contributed by atoms with Crippen LogP contribution in [-0.4, -0.2) is 51.2 Å². The van der Waals surface area contributed by atoms with Gasteiger partial charge in [-0.15, -0.1) is 0 Å². The molecule has 0 bridgehead atoms. The number of amides is 1. The second-order valence-electron chi connectivity index (χ2n) is 10.1. The van der Waals surface area contributed by atoms with Gasteiger partial charge in [-0.2, -0.15) is 0 Å². The first-order valence-electron chi connectivity index (χ1n) is 13.1. The lowest BCUT2D eigenvalue weighted by Gasteiger charge is -2.26. The molecule has 2 N–H and O–H groups in total. The molecular weight excluding hydrogens is 521 g/mol. The van der Waals surface area contributed by atoms with Gasteiger partial charge in [-0.3, -0.25) is 4.79 Å². The molecule has 0 atom stereocenters. The minimum absolute atomic E-state index is 0.0676. The van der Waals surface area contributed by atoms with Crippen LogP contribution in [0.1, 0.15) is 38.6 Å². The van der Waals surface area contributed by atoms with E-state index in [-0.39, 0.29) is 18.6 Å². The number of nitrogens with zero attached hydrogens (tertiary/aromatic N) is 5. The summed E-state index contributed by atoms with van der Waals surface area (Å²) in [6, 6.07) is 11.3. The third kappa shape index (κ3) is 5.32. The number of ether oxygens (including phenoxy) is 1. The number of carbonyl (C=O) groups is 1. The first-order valence-corrected chi connectivity index (χ1v) is 13.5. The summed E-state index contributed by atoms with van der Waals surface area (Å²) in [6.45, 7) is 5.83. The number of benzene rings is 2. The smallest absolute Gasteiger partial charge is 0.253 e. The third-order valence-electron chi connectivity index (χ3n) is 6.90. The maximum atomic E-state index is 15.4. The minimum atomic E-state index is -0.424. The van der Waals surface area contributed by atoms with Crippen molar-refractivity contribution < 1.29 is 13.9 Å². The van der Waals surface area contributed by atoms with Gasteiger partial charge in [0, 0.05) is 35.6 Å². The molecule has 2 aliphatic rings. The van der Waals surface area contributed by atoms with Crippen molar-refractivity contribution in [1.82, 2.24) is 24.8 Å². The number of halogens is 2. The van der Waals surface area contributed by atoms with Crippen molar-refractivity contribution in [3.8, 4) is 11.3 Å². The fraction of sp³-hybridized carbons (Fsp3) is 0.357. The molecule has 1 aliphatic carbocycles. The van der Waals surface area contributed by atoms with E-state index in [1.54, 1.807) is 4.90 Å². The van der Waals surface area contributed by atoms with Crippen LogP contribution in [0.5, 0.6) is 0 Å². The second-order valence-corrected chi connectivity index (χ2v) is 10.5. The molecule has 39 heavy (non-hydrogen) atoms. The number of morpholine rings is 1. The van der Waals surface area contributed by atoms with Gasteiger partial charge in [-0.1, -0.05) is 11.6 Å². The van der Waals surface area contributed by atoms with Crippen LogP contribution >= 0.6 is 11.6 Å². The first kappa shape index (κ1) is 25.7. The Bertz CT molecular complexity index is 1540. The molecule has 1 saturated carbocycles. The zero-order chi connectivity index (χ0) is 27.1. The van der Waals surface area contributed by atoms with E-state index in [4.69, 9.17) is 16.3 Å². The molecule has 1 aliphatic heterocycles.